The Morgan fingerprint density at radius 1 is 1.52 bits per heavy atom. The van der Waals surface area contributed by atoms with Gasteiger partial charge in [0.05, 0.1) is 16.6 Å². The molecule has 0 saturated carbocycles. The average Bonchev–Trinajstić information content (AvgIpc) is 2.92. The van der Waals surface area contributed by atoms with Gasteiger partial charge >= 0.3 is 5.97 Å². The minimum atomic E-state index is -3.82. The SMILES string of the molecule is CC(NS(=O)(=O)c1cc(C(=O)O)ccc1Br)C1CCCO1. The molecule has 1 fully saturated rings. The quantitative estimate of drug-likeness (QED) is 0.818. The number of hydrogen-bond donors (Lipinski definition) is 2. The maximum Gasteiger partial charge on any atom is 0.335 e. The lowest BCUT2D eigenvalue weighted by Crippen LogP contribution is -2.40. The molecule has 1 aromatic rings. The number of aromatic carboxylic acids is 1. The van der Waals surface area contributed by atoms with Gasteiger partial charge in [0.2, 0.25) is 10.0 Å². The number of nitrogens with one attached hydrogen (secondary N) is 1. The van der Waals surface area contributed by atoms with Crippen LogP contribution in [0.15, 0.2) is 27.6 Å². The van der Waals surface area contributed by atoms with Crippen molar-refractivity contribution in [3.63, 3.8) is 0 Å². The van der Waals surface area contributed by atoms with E-state index >= 15 is 0 Å². The summed E-state index contributed by atoms with van der Waals surface area (Å²) < 4.78 is 33.1. The zero-order chi connectivity index (χ0) is 15.6. The van der Waals surface area contributed by atoms with Crippen LogP contribution in [0, 0.1) is 0 Å². The van der Waals surface area contributed by atoms with Crippen molar-refractivity contribution in [3.05, 3.63) is 28.2 Å². The van der Waals surface area contributed by atoms with Crippen LogP contribution >= 0.6 is 15.9 Å². The Balaban J connectivity index is 2.26. The highest BCUT2D eigenvalue weighted by Crippen LogP contribution is 2.24. The minimum Gasteiger partial charge on any atom is -0.478 e. The number of carboxylic acid groups (broad SMARTS) is 1. The van der Waals surface area contributed by atoms with Gasteiger partial charge in [0.15, 0.2) is 0 Å². The third-order valence-corrected chi connectivity index (χ3v) is 5.88. The molecule has 2 atom stereocenters. The zero-order valence-corrected chi connectivity index (χ0v) is 13.8. The van der Waals surface area contributed by atoms with E-state index in [0.29, 0.717) is 11.1 Å². The Morgan fingerprint density at radius 2 is 2.24 bits per heavy atom. The van der Waals surface area contributed by atoms with Crippen molar-refractivity contribution in [2.75, 3.05) is 6.61 Å². The molecule has 1 aromatic carbocycles. The molecule has 0 aliphatic carbocycles. The zero-order valence-electron chi connectivity index (χ0n) is 11.4. The summed E-state index contributed by atoms with van der Waals surface area (Å²) in [6.07, 6.45) is 1.57. The maximum atomic E-state index is 12.4. The van der Waals surface area contributed by atoms with Crippen LogP contribution in [0.1, 0.15) is 30.1 Å². The second kappa shape index (κ2) is 6.43. The van der Waals surface area contributed by atoms with Gasteiger partial charge in [0.25, 0.3) is 0 Å². The predicted molar refractivity (Wildman–Crippen MR) is 79.9 cm³/mol. The number of carbonyl (C=O) groups is 1. The number of carboxylic acids is 1. The van der Waals surface area contributed by atoms with Crippen LogP contribution in [0.25, 0.3) is 0 Å². The number of hydrogen-bond acceptors (Lipinski definition) is 4. The van der Waals surface area contributed by atoms with Crippen molar-refractivity contribution in [2.45, 2.75) is 36.8 Å². The van der Waals surface area contributed by atoms with Gasteiger partial charge in [0, 0.05) is 17.1 Å². The molecule has 0 bridgehead atoms. The van der Waals surface area contributed by atoms with Crippen molar-refractivity contribution >= 4 is 31.9 Å². The molecule has 1 saturated heterocycles. The van der Waals surface area contributed by atoms with Crippen molar-refractivity contribution < 1.29 is 23.1 Å². The number of halogens is 1. The van der Waals surface area contributed by atoms with Crippen LogP contribution in [0.3, 0.4) is 0 Å². The Hall–Kier alpha value is -0.960. The van der Waals surface area contributed by atoms with E-state index in [1.807, 2.05) is 0 Å². The first-order valence-electron chi connectivity index (χ1n) is 6.48. The first kappa shape index (κ1) is 16.4. The highest BCUT2D eigenvalue weighted by Gasteiger charge is 2.28. The monoisotopic (exact) mass is 377 g/mol. The van der Waals surface area contributed by atoms with Gasteiger partial charge in [-0.2, -0.15) is 0 Å². The lowest BCUT2D eigenvalue weighted by molar-refractivity contribution is 0.0696. The molecule has 2 unspecified atom stereocenters. The molecule has 0 amide bonds. The molecule has 0 aromatic heterocycles. The van der Waals surface area contributed by atoms with Crippen LogP contribution in [0.5, 0.6) is 0 Å². The summed E-state index contributed by atoms with van der Waals surface area (Å²) in [5.41, 5.74) is -0.0802. The van der Waals surface area contributed by atoms with Gasteiger partial charge in [-0.25, -0.2) is 17.9 Å². The smallest absolute Gasteiger partial charge is 0.335 e. The number of ether oxygens (including phenoxy) is 1. The highest BCUT2D eigenvalue weighted by molar-refractivity contribution is 9.10. The van der Waals surface area contributed by atoms with Gasteiger partial charge in [-0.3, -0.25) is 0 Å². The molecule has 116 valence electrons. The van der Waals surface area contributed by atoms with Gasteiger partial charge in [-0.05, 0) is 53.9 Å². The van der Waals surface area contributed by atoms with E-state index in [0.717, 1.165) is 18.9 Å². The maximum absolute atomic E-state index is 12.4. The summed E-state index contributed by atoms with van der Waals surface area (Å²) in [5.74, 6) is -1.17. The van der Waals surface area contributed by atoms with Crippen LogP contribution in [-0.4, -0.2) is 38.2 Å². The van der Waals surface area contributed by atoms with E-state index in [2.05, 4.69) is 20.7 Å². The van der Waals surface area contributed by atoms with Crippen molar-refractivity contribution in [2.24, 2.45) is 0 Å². The van der Waals surface area contributed by atoms with E-state index < -0.39 is 16.0 Å². The second-order valence-electron chi connectivity index (χ2n) is 4.91. The fourth-order valence-corrected chi connectivity index (χ4v) is 4.48. The largest absolute Gasteiger partial charge is 0.478 e. The molecule has 1 heterocycles. The summed E-state index contributed by atoms with van der Waals surface area (Å²) >= 11 is 3.15. The molecule has 0 spiro atoms. The van der Waals surface area contributed by atoms with Crippen LogP contribution in [-0.2, 0) is 14.8 Å². The third kappa shape index (κ3) is 3.82. The summed E-state index contributed by atoms with van der Waals surface area (Å²) in [5, 5.41) is 8.97. The van der Waals surface area contributed by atoms with Gasteiger partial charge in [-0.15, -0.1) is 0 Å². The van der Waals surface area contributed by atoms with Crippen molar-refractivity contribution in [1.82, 2.24) is 4.72 Å². The molecule has 8 heteroatoms. The Labute approximate surface area is 131 Å². The van der Waals surface area contributed by atoms with Crippen LogP contribution in [0.4, 0.5) is 0 Å². The molecule has 21 heavy (non-hydrogen) atoms. The molecular weight excluding hydrogens is 362 g/mol. The van der Waals surface area contributed by atoms with Crippen molar-refractivity contribution in [1.29, 1.82) is 0 Å². The normalized spacial score (nSPS) is 20.4. The average molecular weight is 378 g/mol. The number of benzene rings is 1. The number of rotatable bonds is 5. The first-order valence-corrected chi connectivity index (χ1v) is 8.75. The second-order valence-corrected chi connectivity index (χ2v) is 7.45. The lowest BCUT2D eigenvalue weighted by atomic mass is 10.1. The fourth-order valence-electron chi connectivity index (χ4n) is 2.22. The van der Waals surface area contributed by atoms with Gasteiger partial charge < -0.3 is 9.84 Å². The minimum absolute atomic E-state index is 0.0802. The van der Waals surface area contributed by atoms with Crippen LogP contribution < -0.4 is 4.72 Å². The van der Waals surface area contributed by atoms with E-state index in [9.17, 15) is 13.2 Å². The topological polar surface area (TPSA) is 92.7 Å². The predicted octanol–water partition coefficient (Wildman–Crippen LogP) is 1.99. The molecule has 1 aliphatic rings. The van der Waals surface area contributed by atoms with E-state index in [1.54, 1.807) is 6.92 Å². The lowest BCUT2D eigenvalue weighted by Gasteiger charge is -2.20. The van der Waals surface area contributed by atoms with Gasteiger partial charge in [0.1, 0.15) is 0 Å². The Kier molecular flexibility index (Phi) is 5.03. The molecular formula is C13H16BrNO5S. The van der Waals surface area contributed by atoms with E-state index in [-0.39, 0.29) is 22.6 Å². The Morgan fingerprint density at radius 3 is 2.81 bits per heavy atom. The molecule has 0 radical (unpaired) electrons. The van der Waals surface area contributed by atoms with Crippen LogP contribution in [0.2, 0.25) is 0 Å². The molecule has 2 N–H and O–H groups in total. The van der Waals surface area contributed by atoms with E-state index in [4.69, 9.17) is 9.84 Å². The van der Waals surface area contributed by atoms with Gasteiger partial charge in [-0.1, -0.05) is 0 Å². The first-order chi connectivity index (χ1) is 9.81. The summed E-state index contributed by atoms with van der Waals surface area (Å²) in [6, 6.07) is 3.51. The molecule has 6 nitrogen and oxygen atoms in total. The molecule has 1 aliphatic heterocycles. The van der Waals surface area contributed by atoms with Crippen molar-refractivity contribution in [3.8, 4) is 0 Å². The van der Waals surface area contributed by atoms with E-state index in [1.165, 1.54) is 12.1 Å². The third-order valence-electron chi connectivity index (χ3n) is 3.33. The summed E-state index contributed by atoms with van der Waals surface area (Å²) in [4.78, 5) is 10.9. The Bertz CT molecular complexity index is 640. The number of sulfonamides is 1. The molecule has 2 rings (SSSR count). The standard InChI is InChI=1S/C13H16BrNO5S/c1-8(11-3-2-6-20-11)15-21(18,19)12-7-9(13(16)17)4-5-10(12)14/h4-5,7-8,11,15H,2-3,6H2,1H3,(H,16,17). The highest BCUT2D eigenvalue weighted by atomic mass is 79.9. The summed E-state index contributed by atoms with van der Waals surface area (Å²) in [7, 11) is -3.82. The fraction of sp³-hybridized carbons (Fsp3) is 0.462. The summed E-state index contributed by atoms with van der Waals surface area (Å²) in [6.45, 7) is 2.37.